The Labute approximate surface area is 115 Å². The van der Waals surface area contributed by atoms with E-state index in [0.717, 1.165) is 11.4 Å². The summed E-state index contributed by atoms with van der Waals surface area (Å²) in [5.74, 6) is 0.390. The first-order chi connectivity index (χ1) is 9.24. The average Bonchev–Trinajstić information content (AvgIpc) is 2.98. The van der Waals surface area contributed by atoms with E-state index in [-0.39, 0.29) is 11.9 Å². The van der Waals surface area contributed by atoms with Gasteiger partial charge in [-0.15, -0.1) is 11.3 Å². The van der Waals surface area contributed by atoms with Crippen LogP contribution >= 0.6 is 11.3 Å². The molecule has 0 radical (unpaired) electrons. The Balaban J connectivity index is 2.06. The Morgan fingerprint density at radius 1 is 1.37 bits per heavy atom. The van der Waals surface area contributed by atoms with Crippen LogP contribution in [0.5, 0.6) is 0 Å². The van der Waals surface area contributed by atoms with Crippen LogP contribution in [0.2, 0.25) is 0 Å². The van der Waals surface area contributed by atoms with Gasteiger partial charge in [0.15, 0.2) is 0 Å². The second kappa shape index (κ2) is 6.24. The number of nitrogens with zero attached hydrogens (tertiary/aromatic N) is 3. The quantitative estimate of drug-likeness (QED) is 0.872. The van der Waals surface area contributed by atoms with Gasteiger partial charge < -0.3 is 10.6 Å². The molecule has 2 aromatic heterocycles. The molecule has 1 amide bonds. The van der Waals surface area contributed by atoms with Crippen LogP contribution in [0.4, 0.5) is 5.82 Å². The Bertz CT molecular complexity index is 526. The average molecular weight is 277 g/mol. The summed E-state index contributed by atoms with van der Waals surface area (Å²) in [5.41, 5.74) is 0.300. The van der Waals surface area contributed by atoms with E-state index in [4.69, 9.17) is 0 Å². The van der Waals surface area contributed by atoms with Gasteiger partial charge in [-0.2, -0.15) is 0 Å². The number of hydrogen-bond acceptors (Lipinski definition) is 6. The molecule has 0 saturated heterocycles. The van der Waals surface area contributed by atoms with E-state index in [9.17, 15) is 4.79 Å². The molecule has 0 saturated carbocycles. The molecule has 0 bridgehead atoms. The van der Waals surface area contributed by atoms with Crippen LogP contribution in [-0.2, 0) is 0 Å². The van der Waals surface area contributed by atoms with Crippen molar-refractivity contribution in [1.29, 1.82) is 0 Å². The predicted molar refractivity (Wildman–Crippen MR) is 74.2 cm³/mol. The first-order valence-electron chi connectivity index (χ1n) is 5.94. The number of amides is 1. The third kappa shape index (κ3) is 3.25. The topological polar surface area (TPSA) is 79.8 Å². The number of anilines is 1. The number of thiazole rings is 1. The molecule has 19 heavy (non-hydrogen) atoms. The Morgan fingerprint density at radius 2 is 2.21 bits per heavy atom. The number of carbonyl (C=O) groups is 1. The molecule has 2 aromatic rings. The fourth-order valence-electron chi connectivity index (χ4n) is 1.55. The number of aromatic nitrogens is 3. The zero-order valence-electron chi connectivity index (χ0n) is 10.8. The Morgan fingerprint density at radius 3 is 2.74 bits per heavy atom. The van der Waals surface area contributed by atoms with Gasteiger partial charge >= 0.3 is 0 Å². The summed E-state index contributed by atoms with van der Waals surface area (Å²) in [6, 6.07) is -0.0849. The van der Waals surface area contributed by atoms with Gasteiger partial charge in [0.25, 0.3) is 5.91 Å². The molecule has 2 heterocycles. The summed E-state index contributed by atoms with van der Waals surface area (Å²) in [7, 11) is 1.75. The van der Waals surface area contributed by atoms with Crippen LogP contribution in [0.1, 0.15) is 34.9 Å². The molecule has 1 atom stereocenters. The third-order valence-corrected chi connectivity index (χ3v) is 3.49. The summed E-state index contributed by atoms with van der Waals surface area (Å²) in [6.07, 6.45) is 5.49. The number of carbonyl (C=O) groups excluding carboxylic acids is 1. The second-order valence-corrected chi connectivity index (χ2v) is 4.77. The molecular weight excluding hydrogens is 262 g/mol. The highest BCUT2D eigenvalue weighted by atomic mass is 32.1. The highest BCUT2D eigenvalue weighted by Gasteiger charge is 2.17. The van der Waals surface area contributed by atoms with Crippen LogP contribution in [0.15, 0.2) is 24.0 Å². The van der Waals surface area contributed by atoms with Crippen molar-refractivity contribution in [3.63, 3.8) is 0 Å². The van der Waals surface area contributed by atoms with Gasteiger partial charge in [0, 0.05) is 18.6 Å². The van der Waals surface area contributed by atoms with Crippen molar-refractivity contribution in [3.8, 4) is 0 Å². The molecule has 1 unspecified atom stereocenters. The lowest BCUT2D eigenvalue weighted by Crippen LogP contribution is -2.28. The summed E-state index contributed by atoms with van der Waals surface area (Å²) in [6.45, 7) is 2.00. The molecule has 0 fully saturated rings. The number of rotatable bonds is 5. The molecule has 0 aliphatic rings. The molecule has 0 spiro atoms. The van der Waals surface area contributed by atoms with Crippen LogP contribution < -0.4 is 10.6 Å². The predicted octanol–water partition coefficient (Wildman–Crippen LogP) is 1.86. The van der Waals surface area contributed by atoms with E-state index in [1.54, 1.807) is 13.2 Å². The van der Waals surface area contributed by atoms with Crippen LogP contribution in [0.3, 0.4) is 0 Å². The van der Waals surface area contributed by atoms with Crippen LogP contribution in [-0.4, -0.2) is 27.9 Å². The summed E-state index contributed by atoms with van der Waals surface area (Å²) < 4.78 is 0. The zero-order chi connectivity index (χ0) is 13.7. The molecule has 100 valence electrons. The lowest BCUT2D eigenvalue weighted by atomic mass is 10.2. The van der Waals surface area contributed by atoms with Gasteiger partial charge in [0.05, 0.1) is 18.4 Å². The van der Waals surface area contributed by atoms with Gasteiger partial charge in [-0.1, -0.05) is 6.92 Å². The Hall–Kier alpha value is -2.02. The minimum Gasteiger partial charge on any atom is -0.372 e. The van der Waals surface area contributed by atoms with E-state index < -0.39 is 0 Å². The van der Waals surface area contributed by atoms with Crippen molar-refractivity contribution < 1.29 is 4.79 Å². The molecule has 7 heteroatoms. The summed E-state index contributed by atoms with van der Waals surface area (Å²) in [4.78, 5) is 24.4. The van der Waals surface area contributed by atoms with Gasteiger partial charge in [-0.05, 0) is 6.42 Å². The van der Waals surface area contributed by atoms with Crippen molar-refractivity contribution in [2.45, 2.75) is 19.4 Å². The first kappa shape index (κ1) is 13.4. The minimum atomic E-state index is -0.239. The van der Waals surface area contributed by atoms with E-state index in [0.29, 0.717) is 11.5 Å². The SMILES string of the molecule is CCC(NC(=O)c1cnc(NC)cn1)c1nccs1. The van der Waals surface area contributed by atoms with Crippen molar-refractivity contribution >= 4 is 23.1 Å². The molecule has 0 aliphatic heterocycles. The maximum atomic E-state index is 12.1. The number of hydrogen-bond donors (Lipinski definition) is 2. The highest BCUT2D eigenvalue weighted by molar-refractivity contribution is 7.09. The molecule has 2 N–H and O–H groups in total. The third-order valence-electron chi connectivity index (χ3n) is 2.60. The highest BCUT2D eigenvalue weighted by Crippen LogP contribution is 2.19. The van der Waals surface area contributed by atoms with Gasteiger partial charge in [-0.3, -0.25) is 4.79 Å². The van der Waals surface area contributed by atoms with E-state index in [1.165, 1.54) is 23.7 Å². The van der Waals surface area contributed by atoms with Crippen molar-refractivity contribution in [1.82, 2.24) is 20.3 Å². The lowest BCUT2D eigenvalue weighted by molar-refractivity contribution is 0.0930. The van der Waals surface area contributed by atoms with Crippen molar-refractivity contribution in [2.75, 3.05) is 12.4 Å². The van der Waals surface area contributed by atoms with E-state index in [1.807, 2.05) is 12.3 Å². The molecule has 0 aliphatic carbocycles. The van der Waals surface area contributed by atoms with E-state index >= 15 is 0 Å². The summed E-state index contributed by atoms with van der Waals surface area (Å²) in [5, 5.41) is 8.56. The normalized spacial score (nSPS) is 11.9. The standard InChI is InChI=1S/C12H15N5OS/c1-3-8(12-14-4-5-19-12)17-11(18)9-6-16-10(13-2)7-15-9/h4-8H,3H2,1-2H3,(H,13,16)(H,17,18). The monoisotopic (exact) mass is 277 g/mol. The van der Waals surface area contributed by atoms with Gasteiger partial charge in [0.1, 0.15) is 16.5 Å². The molecule has 2 rings (SSSR count). The van der Waals surface area contributed by atoms with Gasteiger partial charge in [0.2, 0.25) is 0 Å². The van der Waals surface area contributed by atoms with Gasteiger partial charge in [-0.25, -0.2) is 15.0 Å². The fourth-order valence-corrected chi connectivity index (χ4v) is 2.32. The van der Waals surface area contributed by atoms with Crippen LogP contribution in [0, 0.1) is 0 Å². The molecule has 0 aromatic carbocycles. The Kier molecular flexibility index (Phi) is 4.40. The van der Waals surface area contributed by atoms with E-state index in [2.05, 4.69) is 25.6 Å². The lowest BCUT2D eigenvalue weighted by Gasteiger charge is -2.13. The minimum absolute atomic E-state index is 0.0849. The second-order valence-electron chi connectivity index (χ2n) is 3.84. The first-order valence-corrected chi connectivity index (χ1v) is 6.82. The van der Waals surface area contributed by atoms with Crippen molar-refractivity contribution in [3.05, 3.63) is 34.7 Å². The maximum absolute atomic E-state index is 12.1. The fraction of sp³-hybridized carbons (Fsp3) is 0.333. The van der Waals surface area contributed by atoms with Crippen molar-refractivity contribution in [2.24, 2.45) is 0 Å². The largest absolute Gasteiger partial charge is 0.372 e. The smallest absolute Gasteiger partial charge is 0.272 e. The summed E-state index contributed by atoms with van der Waals surface area (Å²) >= 11 is 1.53. The molecule has 6 nitrogen and oxygen atoms in total. The number of nitrogens with one attached hydrogen (secondary N) is 2. The molecular formula is C12H15N5OS. The van der Waals surface area contributed by atoms with Crippen LogP contribution in [0.25, 0.3) is 0 Å². The maximum Gasteiger partial charge on any atom is 0.272 e. The zero-order valence-corrected chi connectivity index (χ0v) is 11.6.